The molecule has 0 aliphatic rings. The molecule has 0 aliphatic heterocycles. The Morgan fingerprint density at radius 1 is 1.20 bits per heavy atom. The van der Waals surface area contributed by atoms with Gasteiger partial charge in [0.05, 0.1) is 12.8 Å². The zero-order chi connectivity index (χ0) is 14.4. The first-order valence-corrected chi connectivity index (χ1v) is 7.05. The summed E-state index contributed by atoms with van der Waals surface area (Å²) in [7, 11) is 1.71. The normalized spacial score (nSPS) is 12.2. The number of nitrogens with zero attached hydrogens (tertiary/aromatic N) is 1. The summed E-state index contributed by atoms with van der Waals surface area (Å²) in [6.07, 6.45) is 2.86. The molecule has 0 bridgehead atoms. The van der Waals surface area contributed by atoms with E-state index in [0.717, 1.165) is 24.4 Å². The summed E-state index contributed by atoms with van der Waals surface area (Å²) in [4.78, 5) is 4.46. The van der Waals surface area contributed by atoms with Gasteiger partial charge in [-0.15, -0.1) is 0 Å². The summed E-state index contributed by atoms with van der Waals surface area (Å²) >= 11 is 0. The van der Waals surface area contributed by atoms with E-state index in [0.29, 0.717) is 0 Å². The van der Waals surface area contributed by atoms with E-state index < -0.39 is 0 Å². The zero-order valence-electron chi connectivity index (χ0n) is 12.4. The molecule has 0 saturated carbocycles. The molecule has 2 aromatic rings. The fourth-order valence-electron chi connectivity index (χ4n) is 2.34. The van der Waals surface area contributed by atoms with Crippen LogP contribution in [0.15, 0.2) is 42.6 Å². The van der Waals surface area contributed by atoms with Gasteiger partial charge in [-0.1, -0.05) is 31.2 Å². The van der Waals surface area contributed by atoms with E-state index in [-0.39, 0.29) is 6.04 Å². The summed E-state index contributed by atoms with van der Waals surface area (Å²) in [5.74, 6) is 0.921. The lowest BCUT2D eigenvalue weighted by molar-refractivity contribution is 0.401. The van der Waals surface area contributed by atoms with Crippen LogP contribution in [0.3, 0.4) is 0 Å². The van der Waals surface area contributed by atoms with Gasteiger partial charge in [-0.25, -0.2) is 0 Å². The highest BCUT2D eigenvalue weighted by Gasteiger charge is 2.11. The van der Waals surface area contributed by atoms with Crippen molar-refractivity contribution in [1.29, 1.82) is 0 Å². The average Bonchev–Trinajstić information content (AvgIpc) is 2.52. The van der Waals surface area contributed by atoms with Crippen LogP contribution < -0.4 is 10.1 Å². The van der Waals surface area contributed by atoms with Crippen molar-refractivity contribution in [3.63, 3.8) is 0 Å². The van der Waals surface area contributed by atoms with Crippen molar-refractivity contribution >= 4 is 0 Å². The van der Waals surface area contributed by atoms with E-state index in [1.54, 1.807) is 7.11 Å². The number of nitrogens with one attached hydrogen (secondary N) is 1. The van der Waals surface area contributed by atoms with Gasteiger partial charge in [0, 0.05) is 24.3 Å². The molecule has 1 N–H and O–H groups in total. The van der Waals surface area contributed by atoms with Crippen LogP contribution in [0, 0.1) is 0 Å². The first kappa shape index (κ1) is 14.5. The van der Waals surface area contributed by atoms with Crippen molar-refractivity contribution in [2.75, 3.05) is 7.11 Å². The van der Waals surface area contributed by atoms with E-state index in [1.807, 2.05) is 30.5 Å². The minimum atomic E-state index is 0.220. The molecule has 1 aromatic carbocycles. The second-order valence-corrected chi connectivity index (χ2v) is 4.81. The molecule has 0 fully saturated rings. The Morgan fingerprint density at radius 3 is 2.75 bits per heavy atom. The highest BCUT2D eigenvalue weighted by Crippen LogP contribution is 2.24. The molecule has 0 spiro atoms. The van der Waals surface area contributed by atoms with Crippen LogP contribution in [0.5, 0.6) is 5.75 Å². The first-order valence-electron chi connectivity index (χ1n) is 7.05. The molecule has 106 valence electrons. The molecule has 1 heterocycles. The highest BCUT2D eigenvalue weighted by molar-refractivity contribution is 5.35. The van der Waals surface area contributed by atoms with E-state index in [1.165, 1.54) is 11.1 Å². The molecule has 2 rings (SSSR count). The van der Waals surface area contributed by atoms with Gasteiger partial charge in [0.2, 0.25) is 0 Å². The van der Waals surface area contributed by atoms with Gasteiger partial charge in [0.1, 0.15) is 5.75 Å². The Labute approximate surface area is 121 Å². The largest absolute Gasteiger partial charge is 0.496 e. The van der Waals surface area contributed by atoms with Crippen molar-refractivity contribution in [3.05, 3.63) is 59.4 Å². The summed E-state index contributed by atoms with van der Waals surface area (Å²) in [6.45, 7) is 5.07. The molecule has 1 aromatic heterocycles. The minimum absolute atomic E-state index is 0.220. The number of pyridine rings is 1. The van der Waals surface area contributed by atoms with Gasteiger partial charge in [0.15, 0.2) is 0 Å². The van der Waals surface area contributed by atoms with Crippen molar-refractivity contribution in [3.8, 4) is 5.75 Å². The lowest BCUT2D eigenvalue weighted by Crippen LogP contribution is -2.20. The van der Waals surface area contributed by atoms with Crippen molar-refractivity contribution in [2.45, 2.75) is 32.9 Å². The number of hydrogen-bond acceptors (Lipinski definition) is 3. The van der Waals surface area contributed by atoms with Crippen LogP contribution in [0.1, 0.15) is 36.7 Å². The molecule has 0 radical (unpaired) electrons. The predicted molar refractivity (Wildman–Crippen MR) is 81.9 cm³/mol. The Bertz CT molecular complexity index is 554. The number of benzene rings is 1. The number of para-hydroxylation sites is 1. The molecular weight excluding hydrogens is 248 g/mol. The van der Waals surface area contributed by atoms with E-state index in [2.05, 4.69) is 36.3 Å². The van der Waals surface area contributed by atoms with Gasteiger partial charge in [0.25, 0.3) is 0 Å². The fraction of sp³-hybridized carbons (Fsp3) is 0.353. The lowest BCUT2D eigenvalue weighted by atomic mass is 10.1. The highest BCUT2D eigenvalue weighted by atomic mass is 16.5. The number of methoxy groups -OCH3 is 1. The number of aryl methyl sites for hydroxylation is 1. The second kappa shape index (κ2) is 7.06. The summed E-state index contributed by atoms with van der Waals surface area (Å²) in [5, 5.41) is 3.52. The first-order chi connectivity index (χ1) is 9.76. The van der Waals surface area contributed by atoms with Gasteiger partial charge >= 0.3 is 0 Å². The van der Waals surface area contributed by atoms with E-state index in [4.69, 9.17) is 4.74 Å². The summed E-state index contributed by atoms with van der Waals surface area (Å²) in [5.41, 5.74) is 3.59. The molecular formula is C17H22N2O. The third-order valence-electron chi connectivity index (χ3n) is 3.55. The molecule has 0 aliphatic carbocycles. The van der Waals surface area contributed by atoms with Crippen LogP contribution in [0.2, 0.25) is 0 Å². The maximum absolute atomic E-state index is 5.41. The maximum atomic E-state index is 5.41. The summed E-state index contributed by atoms with van der Waals surface area (Å²) in [6, 6.07) is 12.5. The average molecular weight is 270 g/mol. The van der Waals surface area contributed by atoms with Gasteiger partial charge in [-0.2, -0.15) is 0 Å². The minimum Gasteiger partial charge on any atom is -0.496 e. The Hall–Kier alpha value is -1.87. The van der Waals surface area contributed by atoms with Crippen molar-refractivity contribution in [1.82, 2.24) is 10.3 Å². The number of ether oxygens (including phenoxy) is 1. The zero-order valence-corrected chi connectivity index (χ0v) is 12.4. The van der Waals surface area contributed by atoms with Crippen LogP contribution in [-0.2, 0) is 13.0 Å². The van der Waals surface area contributed by atoms with Crippen LogP contribution >= 0.6 is 0 Å². The number of aromatic nitrogens is 1. The molecule has 1 unspecified atom stereocenters. The van der Waals surface area contributed by atoms with Gasteiger partial charge in [-0.3, -0.25) is 4.98 Å². The molecule has 20 heavy (non-hydrogen) atoms. The topological polar surface area (TPSA) is 34.2 Å². The van der Waals surface area contributed by atoms with Gasteiger partial charge in [-0.05, 0) is 31.0 Å². The number of hydrogen-bond donors (Lipinski definition) is 1. The molecule has 1 atom stereocenters. The molecule has 0 saturated heterocycles. The van der Waals surface area contributed by atoms with E-state index in [9.17, 15) is 0 Å². The van der Waals surface area contributed by atoms with Crippen molar-refractivity contribution in [2.24, 2.45) is 0 Å². The van der Waals surface area contributed by atoms with Crippen LogP contribution in [0.25, 0.3) is 0 Å². The van der Waals surface area contributed by atoms with Crippen LogP contribution in [-0.4, -0.2) is 12.1 Å². The Morgan fingerprint density at radius 2 is 2.00 bits per heavy atom. The van der Waals surface area contributed by atoms with Crippen LogP contribution in [0.4, 0.5) is 0 Å². The predicted octanol–water partition coefficient (Wildman–Crippen LogP) is 3.50. The quantitative estimate of drug-likeness (QED) is 0.872. The SMILES string of the molecule is CCc1cccnc1CNC(C)c1ccccc1OC. The van der Waals surface area contributed by atoms with Gasteiger partial charge < -0.3 is 10.1 Å². The summed E-state index contributed by atoms with van der Waals surface area (Å²) < 4.78 is 5.41. The third-order valence-corrected chi connectivity index (χ3v) is 3.55. The number of rotatable bonds is 6. The third kappa shape index (κ3) is 3.36. The van der Waals surface area contributed by atoms with Crippen molar-refractivity contribution < 1.29 is 4.74 Å². The lowest BCUT2D eigenvalue weighted by Gasteiger charge is -2.17. The smallest absolute Gasteiger partial charge is 0.123 e. The molecule has 0 amide bonds. The standard InChI is InChI=1S/C17H22N2O/c1-4-14-8-7-11-18-16(14)12-19-13(2)15-9-5-6-10-17(15)20-3/h5-11,13,19H,4,12H2,1-3H3. The second-order valence-electron chi connectivity index (χ2n) is 4.81. The van der Waals surface area contributed by atoms with E-state index >= 15 is 0 Å². The molecule has 3 nitrogen and oxygen atoms in total. The Balaban J connectivity index is 2.07. The fourth-order valence-corrected chi connectivity index (χ4v) is 2.34. The Kier molecular flexibility index (Phi) is 5.13. The maximum Gasteiger partial charge on any atom is 0.123 e. The molecule has 3 heteroatoms. The monoisotopic (exact) mass is 270 g/mol.